The quantitative estimate of drug-likeness (QED) is 0.816. The van der Waals surface area contributed by atoms with Gasteiger partial charge in [0.2, 0.25) is 5.89 Å². The molecule has 6 nitrogen and oxygen atoms in total. The lowest BCUT2D eigenvalue weighted by molar-refractivity contribution is -0.146. The fourth-order valence-corrected chi connectivity index (χ4v) is 1.27. The summed E-state index contributed by atoms with van der Waals surface area (Å²) in [5.41, 5.74) is 0.314. The lowest BCUT2D eigenvalue weighted by atomic mass is 10.2. The predicted octanol–water partition coefficient (Wildman–Crippen LogP) is 1.85. The Bertz CT molecular complexity index is 608. The van der Waals surface area contributed by atoms with E-state index in [1.807, 2.05) is 6.07 Å². The third-order valence-corrected chi connectivity index (χ3v) is 2.09. The van der Waals surface area contributed by atoms with Gasteiger partial charge in [0.25, 0.3) is 5.82 Å². The van der Waals surface area contributed by atoms with Gasteiger partial charge >= 0.3 is 6.18 Å². The standard InChI is InChI=1S/C9H5F3N4O2/c1-4-5(3-13)6(15-17-4)2-7-14-8(16-18-7)9(10,11)12/h2H2,1H3. The lowest BCUT2D eigenvalue weighted by Gasteiger charge is -1.96. The van der Waals surface area contributed by atoms with Crippen LogP contribution in [0.5, 0.6) is 0 Å². The van der Waals surface area contributed by atoms with Gasteiger partial charge in [0.05, 0.1) is 6.42 Å². The lowest BCUT2D eigenvalue weighted by Crippen LogP contribution is -2.07. The van der Waals surface area contributed by atoms with Crippen LogP contribution in [0.4, 0.5) is 13.2 Å². The number of hydrogen-bond acceptors (Lipinski definition) is 6. The van der Waals surface area contributed by atoms with Gasteiger partial charge < -0.3 is 9.05 Å². The number of hydrogen-bond donors (Lipinski definition) is 0. The maximum atomic E-state index is 12.2. The molecule has 0 spiro atoms. The molecule has 9 heteroatoms. The average Bonchev–Trinajstić information content (AvgIpc) is 2.86. The molecule has 94 valence electrons. The van der Waals surface area contributed by atoms with E-state index in [4.69, 9.17) is 9.78 Å². The summed E-state index contributed by atoms with van der Waals surface area (Å²) in [6, 6.07) is 1.83. The molecular weight excluding hydrogens is 253 g/mol. The molecule has 0 aliphatic carbocycles. The second-order valence-electron chi connectivity index (χ2n) is 3.36. The molecule has 18 heavy (non-hydrogen) atoms. The molecule has 0 aliphatic heterocycles. The van der Waals surface area contributed by atoms with Crippen LogP contribution in [-0.4, -0.2) is 15.3 Å². The summed E-state index contributed by atoms with van der Waals surface area (Å²) in [6.07, 6.45) is -4.86. The van der Waals surface area contributed by atoms with Crippen LogP contribution in [0.25, 0.3) is 0 Å². The fraction of sp³-hybridized carbons (Fsp3) is 0.333. The number of aryl methyl sites for hydroxylation is 1. The Labute approximate surface area is 98.0 Å². The van der Waals surface area contributed by atoms with Crippen molar-refractivity contribution in [2.45, 2.75) is 19.5 Å². The Morgan fingerprint density at radius 2 is 2.00 bits per heavy atom. The van der Waals surface area contributed by atoms with Crippen molar-refractivity contribution in [3.63, 3.8) is 0 Å². The first-order valence-corrected chi connectivity index (χ1v) is 4.67. The molecule has 0 aliphatic rings. The molecule has 2 aromatic heterocycles. The Morgan fingerprint density at radius 1 is 1.28 bits per heavy atom. The number of halogens is 3. The number of rotatable bonds is 2. The van der Waals surface area contributed by atoms with E-state index in [-0.39, 0.29) is 29.3 Å². The van der Waals surface area contributed by atoms with Gasteiger partial charge in [0.1, 0.15) is 17.3 Å². The molecule has 0 unspecified atom stereocenters. The molecule has 0 aromatic carbocycles. The van der Waals surface area contributed by atoms with E-state index in [1.54, 1.807) is 0 Å². The molecule has 0 bridgehead atoms. The van der Waals surface area contributed by atoms with Gasteiger partial charge in [-0.2, -0.15) is 23.4 Å². The van der Waals surface area contributed by atoms with E-state index in [0.29, 0.717) is 0 Å². The highest BCUT2D eigenvalue weighted by Gasteiger charge is 2.37. The first-order valence-electron chi connectivity index (χ1n) is 4.67. The number of nitriles is 1. The molecule has 0 N–H and O–H groups in total. The minimum Gasteiger partial charge on any atom is -0.360 e. The Hall–Kier alpha value is -2.37. The monoisotopic (exact) mass is 258 g/mol. The van der Waals surface area contributed by atoms with Crippen molar-refractivity contribution in [3.8, 4) is 6.07 Å². The van der Waals surface area contributed by atoms with E-state index in [0.717, 1.165) is 0 Å². The second-order valence-corrected chi connectivity index (χ2v) is 3.36. The molecule has 0 radical (unpaired) electrons. The molecule has 0 saturated carbocycles. The van der Waals surface area contributed by atoms with Crippen LogP contribution in [-0.2, 0) is 12.6 Å². The van der Waals surface area contributed by atoms with E-state index in [2.05, 4.69) is 19.8 Å². The van der Waals surface area contributed by atoms with Gasteiger partial charge in [-0.05, 0) is 6.92 Å². The van der Waals surface area contributed by atoms with E-state index >= 15 is 0 Å². The zero-order chi connectivity index (χ0) is 13.3. The van der Waals surface area contributed by atoms with Crippen LogP contribution >= 0.6 is 0 Å². The topological polar surface area (TPSA) is 88.7 Å². The molecule has 0 saturated heterocycles. The number of alkyl halides is 3. The highest BCUT2D eigenvalue weighted by atomic mass is 19.4. The maximum absolute atomic E-state index is 12.2. The van der Waals surface area contributed by atoms with Gasteiger partial charge in [-0.15, -0.1) is 0 Å². The third-order valence-electron chi connectivity index (χ3n) is 2.09. The molecular formula is C9H5F3N4O2. The summed E-state index contributed by atoms with van der Waals surface area (Å²) in [5.74, 6) is -1.37. The van der Waals surface area contributed by atoms with Crippen molar-refractivity contribution in [3.05, 3.63) is 28.7 Å². The fourth-order valence-electron chi connectivity index (χ4n) is 1.27. The zero-order valence-electron chi connectivity index (χ0n) is 8.95. The van der Waals surface area contributed by atoms with E-state index < -0.39 is 12.0 Å². The third kappa shape index (κ3) is 2.17. The summed E-state index contributed by atoms with van der Waals surface area (Å²) in [5, 5.41) is 15.1. The van der Waals surface area contributed by atoms with Crippen LogP contribution in [0.1, 0.15) is 28.7 Å². The molecule has 2 rings (SSSR count). The van der Waals surface area contributed by atoms with Crippen molar-refractivity contribution in [2.24, 2.45) is 0 Å². The van der Waals surface area contributed by atoms with Gasteiger partial charge in [0, 0.05) is 0 Å². The molecule has 0 amide bonds. The average molecular weight is 258 g/mol. The Balaban J connectivity index is 2.25. The number of nitrogens with zero attached hydrogens (tertiary/aromatic N) is 4. The summed E-state index contributed by atoms with van der Waals surface area (Å²) >= 11 is 0. The van der Waals surface area contributed by atoms with Gasteiger partial charge in [0.15, 0.2) is 5.76 Å². The van der Waals surface area contributed by atoms with Crippen LogP contribution in [0, 0.1) is 18.3 Å². The summed E-state index contributed by atoms with van der Waals surface area (Å²) in [6.45, 7) is 1.52. The van der Waals surface area contributed by atoms with Gasteiger partial charge in [-0.1, -0.05) is 10.3 Å². The first-order chi connectivity index (χ1) is 8.41. The van der Waals surface area contributed by atoms with Crippen LogP contribution < -0.4 is 0 Å². The molecule has 0 atom stereocenters. The summed E-state index contributed by atoms with van der Waals surface area (Å²) in [4.78, 5) is 3.17. The van der Waals surface area contributed by atoms with Gasteiger partial charge in [-0.25, -0.2) is 0 Å². The highest BCUT2D eigenvalue weighted by molar-refractivity contribution is 5.36. The van der Waals surface area contributed by atoms with Crippen molar-refractivity contribution >= 4 is 0 Å². The minimum absolute atomic E-state index is 0.154. The van der Waals surface area contributed by atoms with Crippen molar-refractivity contribution in [1.29, 1.82) is 5.26 Å². The summed E-state index contributed by atoms with van der Waals surface area (Å²) < 4.78 is 45.8. The van der Waals surface area contributed by atoms with Crippen molar-refractivity contribution in [2.75, 3.05) is 0 Å². The van der Waals surface area contributed by atoms with Crippen LogP contribution in [0.2, 0.25) is 0 Å². The predicted molar refractivity (Wildman–Crippen MR) is 48.1 cm³/mol. The molecule has 2 heterocycles. The van der Waals surface area contributed by atoms with Crippen LogP contribution in [0.15, 0.2) is 9.05 Å². The van der Waals surface area contributed by atoms with Crippen LogP contribution in [0.3, 0.4) is 0 Å². The smallest absolute Gasteiger partial charge is 0.360 e. The van der Waals surface area contributed by atoms with E-state index in [9.17, 15) is 13.2 Å². The largest absolute Gasteiger partial charge is 0.455 e. The second kappa shape index (κ2) is 4.14. The van der Waals surface area contributed by atoms with E-state index in [1.165, 1.54) is 6.92 Å². The SMILES string of the molecule is Cc1onc(Cc2nc(C(F)(F)F)no2)c1C#N. The maximum Gasteiger partial charge on any atom is 0.455 e. The minimum atomic E-state index is -4.67. The van der Waals surface area contributed by atoms with Gasteiger partial charge in [-0.3, -0.25) is 0 Å². The first kappa shape index (κ1) is 12.1. The Kier molecular flexibility index (Phi) is 2.78. The normalized spacial score (nSPS) is 11.5. The summed E-state index contributed by atoms with van der Waals surface area (Å²) in [7, 11) is 0. The van der Waals surface area contributed by atoms with Crippen molar-refractivity contribution < 1.29 is 22.2 Å². The molecule has 0 fully saturated rings. The highest BCUT2D eigenvalue weighted by Crippen LogP contribution is 2.26. The van der Waals surface area contributed by atoms with Crippen molar-refractivity contribution in [1.82, 2.24) is 15.3 Å². The Morgan fingerprint density at radius 3 is 2.56 bits per heavy atom. The zero-order valence-corrected chi connectivity index (χ0v) is 8.95. The molecule has 2 aromatic rings. The number of aromatic nitrogens is 3.